The number of hydrogen-bond acceptors (Lipinski definition) is 5. The molecule has 1 saturated heterocycles. The minimum absolute atomic E-state index is 0.0323. The van der Waals surface area contributed by atoms with E-state index in [-0.39, 0.29) is 11.3 Å². The fraction of sp³-hybridized carbons (Fsp3) is 0.346. The van der Waals surface area contributed by atoms with Crippen molar-refractivity contribution < 1.29 is 4.79 Å². The number of aromatic nitrogens is 2. The van der Waals surface area contributed by atoms with E-state index in [1.54, 1.807) is 0 Å². The monoisotopic (exact) mass is 457 g/mol. The van der Waals surface area contributed by atoms with Crippen molar-refractivity contribution in [1.82, 2.24) is 19.6 Å². The quantitative estimate of drug-likeness (QED) is 0.563. The number of imidazole rings is 1. The van der Waals surface area contributed by atoms with Crippen LogP contribution < -0.4 is 5.32 Å². The summed E-state index contributed by atoms with van der Waals surface area (Å²) in [6, 6.07) is 18.7. The first-order chi connectivity index (χ1) is 16.1. The highest BCUT2D eigenvalue weighted by atomic mass is 32.2. The zero-order valence-corrected chi connectivity index (χ0v) is 19.6. The van der Waals surface area contributed by atoms with Gasteiger partial charge in [-0.25, -0.2) is 4.98 Å². The fourth-order valence-corrected chi connectivity index (χ4v) is 5.79. The fourth-order valence-electron chi connectivity index (χ4n) is 4.80. The highest BCUT2D eigenvalue weighted by molar-refractivity contribution is 8.04. The second kappa shape index (κ2) is 9.05. The van der Waals surface area contributed by atoms with Crippen molar-refractivity contribution in [3.8, 4) is 6.07 Å². The van der Waals surface area contributed by atoms with Gasteiger partial charge in [-0.1, -0.05) is 48.2 Å². The molecule has 1 N–H and O–H groups in total. The lowest BCUT2D eigenvalue weighted by Gasteiger charge is -2.37. The number of amides is 1. The first kappa shape index (κ1) is 21.7. The number of likely N-dealkylation sites (tertiary alicyclic amines) is 1. The number of hydrogen-bond donors (Lipinski definition) is 1. The molecule has 7 heteroatoms. The van der Waals surface area contributed by atoms with E-state index in [9.17, 15) is 10.1 Å². The van der Waals surface area contributed by atoms with E-state index < -0.39 is 0 Å². The first-order valence-corrected chi connectivity index (χ1v) is 12.3. The van der Waals surface area contributed by atoms with Gasteiger partial charge in [-0.2, -0.15) is 5.26 Å². The van der Waals surface area contributed by atoms with Gasteiger partial charge in [0, 0.05) is 6.54 Å². The molecule has 1 aromatic carbocycles. The van der Waals surface area contributed by atoms with Crippen molar-refractivity contribution in [1.29, 1.82) is 5.26 Å². The van der Waals surface area contributed by atoms with Gasteiger partial charge in [0.1, 0.15) is 5.65 Å². The van der Waals surface area contributed by atoms with Crippen LogP contribution in [0, 0.1) is 18.3 Å². The number of aryl methyl sites for hydroxylation is 1. The zero-order valence-electron chi connectivity index (χ0n) is 18.8. The normalized spacial score (nSPS) is 17.4. The molecule has 0 aliphatic carbocycles. The Kier molecular flexibility index (Phi) is 5.96. The van der Waals surface area contributed by atoms with Crippen LogP contribution in [0.2, 0.25) is 0 Å². The summed E-state index contributed by atoms with van der Waals surface area (Å²) >= 11 is 1.49. The maximum absolute atomic E-state index is 12.8. The largest absolute Gasteiger partial charge is 0.352 e. The van der Waals surface area contributed by atoms with Crippen LogP contribution in [0.5, 0.6) is 0 Å². The minimum Gasteiger partial charge on any atom is -0.352 e. The average Bonchev–Trinajstić information content (AvgIpc) is 3.19. The lowest BCUT2D eigenvalue weighted by atomic mass is 9.74. The molecule has 1 amide bonds. The molecule has 5 rings (SSSR count). The molecule has 6 nitrogen and oxygen atoms in total. The van der Waals surface area contributed by atoms with Gasteiger partial charge in [-0.15, -0.1) is 0 Å². The van der Waals surface area contributed by atoms with Crippen LogP contribution in [0.3, 0.4) is 0 Å². The maximum Gasteiger partial charge on any atom is 0.258 e. The van der Waals surface area contributed by atoms with E-state index in [1.807, 2.05) is 49.4 Å². The highest BCUT2D eigenvalue weighted by Gasteiger charge is 2.36. The number of benzene rings is 1. The number of nitriles is 1. The molecule has 2 aliphatic rings. The van der Waals surface area contributed by atoms with Crippen LogP contribution in [-0.4, -0.2) is 46.4 Å². The predicted molar refractivity (Wildman–Crippen MR) is 131 cm³/mol. The van der Waals surface area contributed by atoms with Crippen LogP contribution in [0.1, 0.15) is 36.2 Å². The Hall–Kier alpha value is -3.08. The van der Waals surface area contributed by atoms with Crippen molar-refractivity contribution in [2.75, 3.05) is 26.2 Å². The van der Waals surface area contributed by atoms with Gasteiger partial charge in [-0.3, -0.25) is 9.20 Å². The predicted octanol–water partition coefficient (Wildman–Crippen LogP) is 4.15. The van der Waals surface area contributed by atoms with E-state index in [0.29, 0.717) is 11.4 Å². The molecule has 0 radical (unpaired) electrons. The van der Waals surface area contributed by atoms with E-state index in [0.717, 1.165) is 66.5 Å². The SMILES string of the molecule is Cc1nc2cccc3n2c1C=C(C(=O)NCCCN1CCC(C#N)(c2ccccc2)CC1)S3. The molecule has 0 saturated carbocycles. The maximum atomic E-state index is 12.8. The lowest BCUT2D eigenvalue weighted by Crippen LogP contribution is -2.42. The molecule has 0 atom stereocenters. The number of carbonyl (C=O) groups is 1. The Bertz CT molecular complexity index is 1250. The van der Waals surface area contributed by atoms with Crippen LogP contribution in [0.15, 0.2) is 58.5 Å². The summed E-state index contributed by atoms with van der Waals surface area (Å²) in [4.78, 5) is 20.5. The molecule has 2 aromatic heterocycles. The summed E-state index contributed by atoms with van der Waals surface area (Å²) in [5.41, 5.74) is 3.59. The lowest BCUT2D eigenvalue weighted by molar-refractivity contribution is -0.116. The van der Waals surface area contributed by atoms with Gasteiger partial charge in [0.2, 0.25) is 0 Å². The number of nitrogens with zero attached hydrogens (tertiary/aromatic N) is 4. The topological polar surface area (TPSA) is 73.4 Å². The summed E-state index contributed by atoms with van der Waals surface area (Å²) in [6.45, 7) is 5.35. The zero-order chi connectivity index (χ0) is 22.8. The first-order valence-electron chi connectivity index (χ1n) is 11.4. The van der Waals surface area contributed by atoms with E-state index >= 15 is 0 Å². The van der Waals surface area contributed by atoms with Gasteiger partial charge in [0.05, 0.1) is 32.8 Å². The number of rotatable bonds is 6. The summed E-state index contributed by atoms with van der Waals surface area (Å²) in [6.07, 6.45) is 4.53. The Labute approximate surface area is 198 Å². The van der Waals surface area contributed by atoms with E-state index in [2.05, 4.69) is 37.8 Å². The second-order valence-electron chi connectivity index (χ2n) is 8.76. The molecule has 0 spiro atoms. The van der Waals surface area contributed by atoms with Gasteiger partial charge in [0.25, 0.3) is 5.91 Å². The molecule has 0 bridgehead atoms. The minimum atomic E-state index is -0.371. The van der Waals surface area contributed by atoms with Crippen molar-refractivity contribution in [3.05, 3.63) is 70.4 Å². The molecule has 4 heterocycles. The summed E-state index contributed by atoms with van der Waals surface area (Å²) in [7, 11) is 0. The molecule has 2 aliphatic heterocycles. The van der Waals surface area contributed by atoms with Crippen LogP contribution >= 0.6 is 11.8 Å². The van der Waals surface area contributed by atoms with E-state index in [1.165, 1.54) is 11.8 Å². The number of thioether (sulfide) groups is 1. The van der Waals surface area contributed by atoms with Crippen molar-refractivity contribution in [2.45, 2.75) is 36.6 Å². The Morgan fingerprint density at radius 2 is 1.97 bits per heavy atom. The van der Waals surface area contributed by atoms with E-state index in [4.69, 9.17) is 0 Å². The molecular formula is C26H27N5OS. The molecule has 168 valence electrons. The van der Waals surface area contributed by atoms with Gasteiger partial charge >= 0.3 is 0 Å². The van der Waals surface area contributed by atoms with Crippen LogP contribution in [0.25, 0.3) is 11.7 Å². The van der Waals surface area contributed by atoms with Crippen molar-refractivity contribution in [3.63, 3.8) is 0 Å². The Morgan fingerprint density at radius 3 is 2.73 bits per heavy atom. The Balaban J connectivity index is 1.12. The molecule has 1 fully saturated rings. The summed E-state index contributed by atoms with van der Waals surface area (Å²) in [5.74, 6) is -0.0323. The second-order valence-corrected chi connectivity index (χ2v) is 9.82. The smallest absolute Gasteiger partial charge is 0.258 e. The standard InChI is InChI=1S/C26H27N5OS/c1-19-21-17-22(33-24-10-5-9-23(29-19)31(21)24)25(32)28-13-6-14-30-15-11-26(18-27,12-16-30)20-7-3-2-4-8-20/h2-5,7-10,17H,6,11-16H2,1H3,(H,28,32). The van der Waals surface area contributed by atoms with Gasteiger partial charge < -0.3 is 10.2 Å². The third kappa shape index (κ3) is 4.17. The molecule has 3 aromatic rings. The van der Waals surface area contributed by atoms with Crippen LogP contribution in [0.4, 0.5) is 0 Å². The van der Waals surface area contributed by atoms with Crippen LogP contribution in [-0.2, 0) is 10.2 Å². The summed E-state index contributed by atoms with van der Waals surface area (Å²) in [5, 5.41) is 14.0. The third-order valence-electron chi connectivity index (χ3n) is 6.72. The highest BCUT2D eigenvalue weighted by Crippen LogP contribution is 2.36. The van der Waals surface area contributed by atoms with Crippen molar-refractivity contribution in [2.24, 2.45) is 0 Å². The number of carbonyl (C=O) groups excluding carboxylic acids is 1. The number of nitrogens with one attached hydrogen (secondary N) is 1. The number of pyridine rings is 1. The molecule has 33 heavy (non-hydrogen) atoms. The van der Waals surface area contributed by atoms with Crippen molar-refractivity contribution >= 4 is 29.4 Å². The molecule has 0 unspecified atom stereocenters. The average molecular weight is 458 g/mol. The number of piperidine rings is 1. The van der Waals surface area contributed by atoms with Gasteiger partial charge in [0.15, 0.2) is 0 Å². The third-order valence-corrected chi connectivity index (χ3v) is 7.77. The molecular weight excluding hydrogens is 430 g/mol. The van der Waals surface area contributed by atoms with Gasteiger partial charge in [-0.05, 0) is 69.6 Å². The summed E-state index contributed by atoms with van der Waals surface area (Å²) < 4.78 is 2.10. The Morgan fingerprint density at radius 1 is 1.18 bits per heavy atom.